The lowest BCUT2D eigenvalue weighted by molar-refractivity contribution is -0.385. The lowest BCUT2D eigenvalue weighted by atomic mass is 10.1. The van der Waals surface area contributed by atoms with E-state index < -0.39 is 10.8 Å². The molecule has 3 rings (SSSR count). The van der Waals surface area contributed by atoms with Crippen LogP contribution in [0.5, 0.6) is 5.75 Å². The average molecular weight is 424 g/mol. The van der Waals surface area contributed by atoms with Gasteiger partial charge in [0.15, 0.2) is 0 Å². The van der Waals surface area contributed by atoms with Crippen LogP contribution in [0.2, 0.25) is 5.02 Å². The van der Waals surface area contributed by atoms with Crippen molar-refractivity contribution in [2.45, 2.75) is 13.0 Å². The van der Waals surface area contributed by atoms with E-state index in [1.165, 1.54) is 12.3 Å². The molecule has 0 aromatic heterocycles. The number of para-hydroxylation sites is 2. The minimum absolute atomic E-state index is 0.0995. The zero-order chi connectivity index (χ0) is 21.3. The minimum Gasteiger partial charge on any atom is -0.488 e. The Kier molecular flexibility index (Phi) is 7.13. The van der Waals surface area contributed by atoms with Crippen molar-refractivity contribution in [2.24, 2.45) is 5.10 Å². The highest BCUT2D eigenvalue weighted by Crippen LogP contribution is 2.19. The summed E-state index contributed by atoms with van der Waals surface area (Å²) < 4.78 is 5.84. The molecule has 0 saturated carbocycles. The summed E-state index contributed by atoms with van der Waals surface area (Å²) in [4.78, 5) is 22.6. The quantitative estimate of drug-likeness (QED) is 0.327. The summed E-state index contributed by atoms with van der Waals surface area (Å²) in [7, 11) is 0. The van der Waals surface area contributed by atoms with Crippen LogP contribution >= 0.6 is 11.6 Å². The Hall–Kier alpha value is -3.71. The van der Waals surface area contributed by atoms with Crippen LogP contribution in [-0.2, 0) is 17.8 Å². The zero-order valence-corrected chi connectivity index (χ0v) is 16.6. The van der Waals surface area contributed by atoms with Crippen LogP contribution in [-0.4, -0.2) is 17.0 Å². The number of hydrogen-bond acceptors (Lipinski definition) is 5. The van der Waals surface area contributed by atoms with Gasteiger partial charge < -0.3 is 4.74 Å². The molecule has 7 nitrogen and oxygen atoms in total. The van der Waals surface area contributed by atoms with Gasteiger partial charge in [0.05, 0.1) is 17.6 Å². The molecule has 0 aliphatic heterocycles. The fourth-order valence-electron chi connectivity index (χ4n) is 2.69. The van der Waals surface area contributed by atoms with E-state index in [2.05, 4.69) is 10.5 Å². The number of amides is 1. The smallest absolute Gasteiger partial charge is 0.273 e. The number of carbonyl (C=O) groups is 1. The van der Waals surface area contributed by atoms with Gasteiger partial charge in [0, 0.05) is 22.2 Å². The third kappa shape index (κ3) is 5.89. The molecule has 0 unspecified atom stereocenters. The monoisotopic (exact) mass is 423 g/mol. The summed E-state index contributed by atoms with van der Waals surface area (Å²) in [6.07, 6.45) is 1.32. The number of hydrazone groups is 1. The lowest BCUT2D eigenvalue weighted by Gasteiger charge is -2.09. The number of benzene rings is 3. The number of hydrogen-bond donors (Lipinski definition) is 1. The van der Waals surface area contributed by atoms with Crippen molar-refractivity contribution in [3.8, 4) is 5.75 Å². The second-order valence-corrected chi connectivity index (χ2v) is 6.75. The number of nitrogens with one attached hydrogen (secondary N) is 1. The molecule has 1 N–H and O–H groups in total. The van der Waals surface area contributed by atoms with Gasteiger partial charge in [-0.1, -0.05) is 54.1 Å². The molecule has 0 fully saturated rings. The molecule has 0 heterocycles. The van der Waals surface area contributed by atoms with Crippen molar-refractivity contribution in [3.05, 3.63) is 105 Å². The summed E-state index contributed by atoms with van der Waals surface area (Å²) in [6.45, 7) is 0.353. The van der Waals surface area contributed by atoms with E-state index in [9.17, 15) is 14.9 Å². The van der Waals surface area contributed by atoms with Crippen molar-refractivity contribution in [1.82, 2.24) is 5.43 Å². The molecule has 30 heavy (non-hydrogen) atoms. The number of ether oxygens (including phenoxy) is 1. The molecule has 0 spiro atoms. The first-order chi connectivity index (χ1) is 14.5. The second kappa shape index (κ2) is 10.2. The second-order valence-electron chi connectivity index (χ2n) is 6.31. The van der Waals surface area contributed by atoms with E-state index in [-0.39, 0.29) is 12.1 Å². The average Bonchev–Trinajstić information content (AvgIpc) is 2.74. The number of halogens is 1. The maximum Gasteiger partial charge on any atom is 0.273 e. The van der Waals surface area contributed by atoms with Gasteiger partial charge in [0.1, 0.15) is 12.4 Å². The maximum atomic E-state index is 12.1. The van der Waals surface area contributed by atoms with Crippen molar-refractivity contribution in [2.75, 3.05) is 0 Å². The largest absolute Gasteiger partial charge is 0.488 e. The van der Waals surface area contributed by atoms with Gasteiger partial charge in [-0.05, 0) is 29.8 Å². The van der Waals surface area contributed by atoms with Crippen molar-refractivity contribution >= 4 is 29.4 Å². The van der Waals surface area contributed by atoms with Gasteiger partial charge in [-0.2, -0.15) is 5.10 Å². The predicted octanol–water partition coefficient (Wildman–Crippen LogP) is 4.52. The normalized spacial score (nSPS) is 10.7. The summed E-state index contributed by atoms with van der Waals surface area (Å²) in [5.41, 5.74) is 4.25. The van der Waals surface area contributed by atoms with E-state index in [0.717, 1.165) is 5.56 Å². The summed E-state index contributed by atoms with van der Waals surface area (Å²) in [5.74, 6) is 0.143. The van der Waals surface area contributed by atoms with Crippen LogP contribution in [0.1, 0.15) is 16.7 Å². The molecule has 0 atom stereocenters. The van der Waals surface area contributed by atoms with Gasteiger partial charge in [-0.15, -0.1) is 0 Å². The van der Waals surface area contributed by atoms with E-state index in [1.807, 2.05) is 24.3 Å². The fourth-order valence-corrected chi connectivity index (χ4v) is 2.81. The molecule has 152 valence electrons. The van der Waals surface area contributed by atoms with Crippen LogP contribution < -0.4 is 10.2 Å². The van der Waals surface area contributed by atoms with Crippen LogP contribution in [0.15, 0.2) is 77.9 Å². The summed E-state index contributed by atoms with van der Waals surface area (Å²) >= 11 is 5.89. The Morgan fingerprint density at radius 3 is 2.53 bits per heavy atom. The Morgan fingerprint density at radius 2 is 1.77 bits per heavy atom. The van der Waals surface area contributed by atoms with Crippen LogP contribution in [0, 0.1) is 10.1 Å². The number of carbonyl (C=O) groups excluding carboxylic acids is 1. The first-order valence-electron chi connectivity index (χ1n) is 9.03. The minimum atomic E-state index is -0.514. The first kappa shape index (κ1) is 21.0. The van der Waals surface area contributed by atoms with E-state index in [0.29, 0.717) is 28.5 Å². The van der Waals surface area contributed by atoms with Crippen LogP contribution in [0.4, 0.5) is 5.69 Å². The SMILES string of the molecule is O=C(Cc1ccccc1[N+](=O)[O-])NN=Cc1ccccc1OCc1ccc(Cl)cc1. The fraction of sp³-hybridized carbons (Fsp3) is 0.0909. The third-order valence-electron chi connectivity index (χ3n) is 4.16. The Balaban J connectivity index is 1.60. The Morgan fingerprint density at radius 1 is 1.07 bits per heavy atom. The highest BCUT2D eigenvalue weighted by atomic mass is 35.5. The van der Waals surface area contributed by atoms with Gasteiger partial charge in [-0.3, -0.25) is 14.9 Å². The molecule has 8 heteroatoms. The molecular formula is C22H18ClN3O4. The van der Waals surface area contributed by atoms with Gasteiger partial charge in [0.2, 0.25) is 5.91 Å². The molecule has 0 saturated heterocycles. The Labute approximate surface area is 178 Å². The molecule has 0 bridgehead atoms. The third-order valence-corrected chi connectivity index (χ3v) is 4.41. The van der Waals surface area contributed by atoms with Gasteiger partial charge >= 0.3 is 0 Å². The van der Waals surface area contributed by atoms with E-state index >= 15 is 0 Å². The van der Waals surface area contributed by atoms with Crippen molar-refractivity contribution in [3.63, 3.8) is 0 Å². The molecule has 3 aromatic rings. The number of nitrogens with zero attached hydrogens (tertiary/aromatic N) is 2. The van der Waals surface area contributed by atoms with E-state index in [1.54, 1.807) is 42.5 Å². The molecule has 0 aliphatic carbocycles. The van der Waals surface area contributed by atoms with Gasteiger partial charge in [0.25, 0.3) is 5.69 Å². The highest BCUT2D eigenvalue weighted by Gasteiger charge is 2.15. The summed E-state index contributed by atoms with van der Waals surface area (Å²) in [5, 5.41) is 15.6. The zero-order valence-electron chi connectivity index (χ0n) is 15.8. The summed E-state index contributed by atoms with van der Waals surface area (Å²) in [6, 6.07) is 20.7. The van der Waals surface area contributed by atoms with Crippen LogP contribution in [0.25, 0.3) is 0 Å². The topological polar surface area (TPSA) is 93.8 Å². The highest BCUT2D eigenvalue weighted by molar-refractivity contribution is 6.30. The number of nitro groups is 1. The molecular weight excluding hydrogens is 406 g/mol. The molecule has 3 aromatic carbocycles. The standard InChI is InChI=1S/C22H18ClN3O4/c23-19-11-9-16(10-12-19)15-30-21-8-4-2-6-18(21)14-24-25-22(27)13-17-5-1-3-7-20(17)26(28)29/h1-12,14H,13,15H2,(H,25,27). The Bertz CT molecular complexity index is 1070. The molecule has 0 radical (unpaired) electrons. The van der Waals surface area contributed by atoms with E-state index in [4.69, 9.17) is 16.3 Å². The number of nitro benzene ring substituents is 1. The number of rotatable bonds is 8. The lowest BCUT2D eigenvalue weighted by Crippen LogP contribution is -2.20. The van der Waals surface area contributed by atoms with Crippen molar-refractivity contribution < 1.29 is 14.5 Å². The maximum absolute atomic E-state index is 12.1. The van der Waals surface area contributed by atoms with Crippen molar-refractivity contribution in [1.29, 1.82) is 0 Å². The first-order valence-corrected chi connectivity index (χ1v) is 9.41. The predicted molar refractivity (Wildman–Crippen MR) is 115 cm³/mol. The molecule has 0 aliphatic rings. The van der Waals surface area contributed by atoms with Gasteiger partial charge in [-0.25, -0.2) is 5.43 Å². The molecule has 1 amide bonds. The van der Waals surface area contributed by atoms with Crippen LogP contribution in [0.3, 0.4) is 0 Å².